The number of ether oxygens (including phenoxy) is 1. The van der Waals surface area contributed by atoms with Crippen molar-refractivity contribution in [3.05, 3.63) is 81.9 Å². The van der Waals surface area contributed by atoms with Gasteiger partial charge in [0.05, 0.1) is 35.4 Å². The molecule has 4 N–H and O–H groups in total. The van der Waals surface area contributed by atoms with Gasteiger partial charge in [-0.3, -0.25) is 19.6 Å². The van der Waals surface area contributed by atoms with Crippen LogP contribution < -0.4 is 26.2 Å². The first-order chi connectivity index (χ1) is 17.5. The number of nitrogens with zero attached hydrogens (tertiary/aromatic N) is 1. The number of amides is 2. The third-order valence-electron chi connectivity index (χ3n) is 5.39. The number of aromatic nitrogens is 2. The quantitative estimate of drug-likeness (QED) is 0.350. The molecule has 3 aromatic rings. The lowest BCUT2D eigenvalue weighted by atomic mass is 10.1. The Balaban J connectivity index is 1.37. The SMILES string of the molecule is O=C(NC1(C(=O)NCc2ncc(Nc3c(F)cccc3C(F)(F)F)cc2F)CC1)Oc1cccc(=O)[nH]1. The minimum absolute atomic E-state index is 0.126. The van der Waals surface area contributed by atoms with Crippen LogP contribution in [0.4, 0.5) is 38.1 Å². The Morgan fingerprint density at radius 2 is 1.81 bits per heavy atom. The molecule has 2 amide bonds. The second-order valence-electron chi connectivity index (χ2n) is 8.10. The first kappa shape index (κ1) is 25.6. The number of rotatable bonds is 7. The van der Waals surface area contributed by atoms with Gasteiger partial charge in [0.25, 0.3) is 5.56 Å². The minimum Gasteiger partial charge on any atom is -0.393 e. The number of pyridine rings is 2. The van der Waals surface area contributed by atoms with Crippen molar-refractivity contribution < 1.29 is 36.3 Å². The van der Waals surface area contributed by atoms with Crippen LogP contribution in [0.2, 0.25) is 0 Å². The van der Waals surface area contributed by atoms with E-state index in [0.29, 0.717) is 6.07 Å². The molecule has 1 aliphatic carbocycles. The minimum atomic E-state index is -4.85. The molecule has 0 radical (unpaired) electrons. The number of nitrogens with one attached hydrogen (secondary N) is 4. The average molecular weight is 523 g/mol. The zero-order valence-electron chi connectivity index (χ0n) is 18.7. The molecule has 1 aliphatic rings. The Bertz CT molecular complexity index is 1400. The molecule has 0 bridgehead atoms. The number of aromatic amines is 1. The van der Waals surface area contributed by atoms with Gasteiger partial charge in [-0.1, -0.05) is 12.1 Å². The van der Waals surface area contributed by atoms with E-state index in [0.717, 1.165) is 24.4 Å². The summed E-state index contributed by atoms with van der Waals surface area (Å²) in [4.78, 5) is 42.0. The van der Waals surface area contributed by atoms with Crippen LogP contribution in [0, 0.1) is 11.6 Å². The van der Waals surface area contributed by atoms with Gasteiger partial charge in [-0.15, -0.1) is 0 Å². The summed E-state index contributed by atoms with van der Waals surface area (Å²) in [6, 6.07) is 7.13. The highest BCUT2D eigenvalue weighted by Crippen LogP contribution is 2.38. The fourth-order valence-electron chi connectivity index (χ4n) is 3.37. The van der Waals surface area contributed by atoms with Crippen molar-refractivity contribution in [1.29, 1.82) is 0 Å². The number of para-hydroxylation sites is 1. The fourth-order valence-corrected chi connectivity index (χ4v) is 3.37. The van der Waals surface area contributed by atoms with Gasteiger partial charge >= 0.3 is 12.3 Å². The third kappa shape index (κ3) is 6.02. The van der Waals surface area contributed by atoms with Gasteiger partial charge in [-0.2, -0.15) is 13.2 Å². The molecular formula is C23H18F5N5O4. The van der Waals surface area contributed by atoms with Gasteiger partial charge in [-0.25, -0.2) is 13.6 Å². The van der Waals surface area contributed by atoms with E-state index >= 15 is 0 Å². The van der Waals surface area contributed by atoms with Crippen LogP contribution in [0.5, 0.6) is 5.88 Å². The summed E-state index contributed by atoms with van der Waals surface area (Å²) < 4.78 is 73.0. The maximum absolute atomic E-state index is 14.5. The number of alkyl halides is 3. The predicted molar refractivity (Wildman–Crippen MR) is 119 cm³/mol. The molecule has 14 heteroatoms. The summed E-state index contributed by atoms with van der Waals surface area (Å²) in [5, 5.41) is 7.02. The predicted octanol–water partition coefficient (Wildman–Crippen LogP) is 3.75. The highest BCUT2D eigenvalue weighted by Gasteiger charge is 2.51. The van der Waals surface area contributed by atoms with Crippen LogP contribution in [0.25, 0.3) is 0 Å². The van der Waals surface area contributed by atoms with Crippen molar-refractivity contribution in [1.82, 2.24) is 20.6 Å². The highest BCUT2D eigenvalue weighted by atomic mass is 19.4. The van der Waals surface area contributed by atoms with Gasteiger partial charge in [0.1, 0.15) is 17.2 Å². The zero-order valence-corrected chi connectivity index (χ0v) is 18.7. The monoisotopic (exact) mass is 523 g/mol. The lowest BCUT2D eigenvalue weighted by Gasteiger charge is -2.17. The van der Waals surface area contributed by atoms with Gasteiger partial charge in [-0.05, 0) is 31.0 Å². The molecule has 0 aliphatic heterocycles. The summed E-state index contributed by atoms with van der Waals surface area (Å²) in [5.41, 5.74) is -4.43. The number of benzene rings is 1. The van der Waals surface area contributed by atoms with Crippen LogP contribution in [-0.4, -0.2) is 27.5 Å². The van der Waals surface area contributed by atoms with Crippen LogP contribution in [0.15, 0.2) is 53.5 Å². The fraction of sp³-hybridized carbons (Fsp3) is 0.217. The molecule has 0 spiro atoms. The van der Waals surface area contributed by atoms with E-state index in [1.807, 2.05) is 0 Å². The number of carbonyl (C=O) groups excluding carboxylic acids is 2. The van der Waals surface area contributed by atoms with E-state index in [2.05, 4.69) is 25.9 Å². The Kier molecular flexibility index (Phi) is 6.83. The number of hydrogen-bond donors (Lipinski definition) is 4. The third-order valence-corrected chi connectivity index (χ3v) is 5.39. The molecular weight excluding hydrogens is 505 g/mol. The lowest BCUT2D eigenvalue weighted by molar-refractivity contribution is -0.137. The Labute approximate surface area is 205 Å². The van der Waals surface area contributed by atoms with E-state index in [1.165, 1.54) is 18.2 Å². The Hall–Kier alpha value is -4.49. The molecule has 4 rings (SSSR count). The molecule has 9 nitrogen and oxygen atoms in total. The maximum Gasteiger partial charge on any atom is 0.418 e. The second-order valence-corrected chi connectivity index (χ2v) is 8.10. The number of halogens is 5. The van der Waals surface area contributed by atoms with E-state index in [1.54, 1.807) is 0 Å². The smallest absolute Gasteiger partial charge is 0.393 e. The molecule has 0 unspecified atom stereocenters. The van der Waals surface area contributed by atoms with Crippen LogP contribution in [0.3, 0.4) is 0 Å². The van der Waals surface area contributed by atoms with Crippen molar-refractivity contribution in [2.75, 3.05) is 5.32 Å². The summed E-state index contributed by atoms with van der Waals surface area (Å²) in [7, 11) is 0. The molecule has 2 aromatic heterocycles. The van der Waals surface area contributed by atoms with E-state index in [-0.39, 0.29) is 30.1 Å². The van der Waals surface area contributed by atoms with Crippen molar-refractivity contribution in [3.8, 4) is 5.88 Å². The first-order valence-corrected chi connectivity index (χ1v) is 10.7. The summed E-state index contributed by atoms with van der Waals surface area (Å²) in [6.07, 6.45) is -4.29. The lowest BCUT2D eigenvalue weighted by Crippen LogP contribution is -2.49. The van der Waals surface area contributed by atoms with Crippen LogP contribution >= 0.6 is 0 Å². The van der Waals surface area contributed by atoms with Crippen LogP contribution in [-0.2, 0) is 17.5 Å². The number of carbonyl (C=O) groups is 2. The second kappa shape index (κ2) is 9.87. The van der Waals surface area contributed by atoms with Gasteiger partial charge in [0.2, 0.25) is 11.8 Å². The molecule has 0 saturated heterocycles. The van der Waals surface area contributed by atoms with Crippen LogP contribution in [0.1, 0.15) is 24.1 Å². The Morgan fingerprint density at radius 1 is 1.08 bits per heavy atom. The molecule has 0 atom stereocenters. The normalized spacial score (nSPS) is 14.0. The van der Waals surface area contributed by atoms with Gasteiger partial charge < -0.3 is 20.7 Å². The highest BCUT2D eigenvalue weighted by molar-refractivity contribution is 5.93. The van der Waals surface area contributed by atoms with Crippen molar-refractivity contribution in [3.63, 3.8) is 0 Å². The zero-order chi connectivity index (χ0) is 26.8. The summed E-state index contributed by atoms with van der Waals surface area (Å²) in [5.74, 6) is -2.93. The largest absolute Gasteiger partial charge is 0.418 e. The number of anilines is 2. The molecule has 2 heterocycles. The summed E-state index contributed by atoms with van der Waals surface area (Å²) >= 11 is 0. The average Bonchev–Trinajstić information content (AvgIpc) is 3.59. The van der Waals surface area contributed by atoms with E-state index in [9.17, 15) is 36.3 Å². The molecule has 1 fully saturated rings. The van der Waals surface area contributed by atoms with Crippen molar-refractivity contribution >= 4 is 23.4 Å². The molecule has 194 valence electrons. The van der Waals surface area contributed by atoms with Gasteiger partial charge in [0.15, 0.2) is 0 Å². The topological polar surface area (TPSA) is 125 Å². The molecule has 37 heavy (non-hydrogen) atoms. The van der Waals surface area contributed by atoms with E-state index in [4.69, 9.17) is 4.74 Å². The van der Waals surface area contributed by atoms with Crippen molar-refractivity contribution in [2.45, 2.75) is 31.1 Å². The molecule has 1 saturated carbocycles. The summed E-state index contributed by atoms with van der Waals surface area (Å²) in [6.45, 7) is -0.400. The van der Waals surface area contributed by atoms with Gasteiger partial charge in [0, 0.05) is 12.1 Å². The molecule has 1 aromatic carbocycles. The standard InChI is InChI=1S/C23H18F5N5O4/c24-14-4-1-3-13(23(26,27)28)19(14)31-12-9-15(25)16(29-10-12)11-30-20(35)22(7-8-22)33-21(36)37-18-6-2-5-17(34)32-18/h1-6,9-10,31H,7-8,11H2,(H,30,35)(H,32,34)(H,33,36). The number of H-pyrrole nitrogens is 1. The maximum atomic E-state index is 14.5. The first-order valence-electron chi connectivity index (χ1n) is 10.7. The Morgan fingerprint density at radius 3 is 2.46 bits per heavy atom. The number of hydrogen-bond acceptors (Lipinski definition) is 6. The van der Waals surface area contributed by atoms with Crippen molar-refractivity contribution in [2.24, 2.45) is 0 Å². The van der Waals surface area contributed by atoms with E-state index < -0.39 is 58.7 Å².